The van der Waals surface area contributed by atoms with Crippen LogP contribution in [0.4, 0.5) is 17.5 Å². The van der Waals surface area contributed by atoms with Gasteiger partial charge in [-0.25, -0.2) is 4.98 Å². The van der Waals surface area contributed by atoms with Crippen LogP contribution < -0.4 is 11.1 Å². The molecule has 0 saturated heterocycles. The van der Waals surface area contributed by atoms with E-state index in [0.29, 0.717) is 18.3 Å². The third-order valence-corrected chi connectivity index (χ3v) is 3.83. The molecule has 0 aliphatic carbocycles. The van der Waals surface area contributed by atoms with Crippen molar-refractivity contribution in [2.75, 3.05) is 18.1 Å². The van der Waals surface area contributed by atoms with Gasteiger partial charge in [0, 0.05) is 24.8 Å². The molecule has 3 aromatic rings. The molecule has 0 radical (unpaired) electrons. The number of hydrogen-bond acceptors (Lipinski definition) is 5. The van der Waals surface area contributed by atoms with Crippen LogP contribution in [-0.4, -0.2) is 21.9 Å². The van der Waals surface area contributed by atoms with Crippen molar-refractivity contribution in [2.24, 2.45) is 0 Å². The van der Waals surface area contributed by atoms with E-state index in [4.69, 9.17) is 5.73 Å². The van der Waals surface area contributed by atoms with Crippen molar-refractivity contribution >= 4 is 17.5 Å². The van der Waals surface area contributed by atoms with Gasteiger partial charge in [-0.15, -0.1) is 0 Å². The molecule has 0 unspecified atom stereocenters. The highest BCUT2D eigenvalue weighted by Crippen LogP contribution is 2.16. The van der Waals surface area contributed by atoms with Gasteiger partial charge in [-0.3, -0.25) is 4.90 Å². The lowest BCUT2D eigenvalue weighted by molar-refractivity contribution is 0.315. The summed E-state index contributed by atoms with van der Waals surface area (Å²) < 4.78 is 0. The summed E-state index contributed by atoms with van der Waals surface area (Å²) in [6.07, 6.45) is 0. The van der Waals surface area contributed by atoms with Gasteiger partial charge in [0.1, 0.15) is 5.82 Å². The molecule has 128 valence electrons. The zero-order valence-electron chi connectivity index (χ0n) is 14.6. The van der Waals surface area contributed by atoms with Crippen molar-refractivity contribution in [1.82, 2.24) is 14.9 Å². The maximum Gasteiger partial charge on any atom is 0.229 e. The summed E-state index contributed by atoms with van der Waals surface area (Å²) in [5.74, 6) is 0.986. The first kappa shape index (κ1) is 16.9. The molecule has 1 heterocycles. The van der Waals surface area contributed by atoms with Crippen LogP contribution in [0.5, 0.6) is 0 Å². The van der Waals surface area contributed by atoms with E-state index in [9.17, 15) is 0 Å². The molecule has 0 aliphatic rings. The number of aromatic nitrogens is 2. The quantitative estimate of drug-likeness (QED) is 0.719. The number of nitrogens with zero attached hydrogens (tertiary/aromatic N) is 3. The van der Waals surface area contributed by atoms with Crippen LogP contribution in [0.25, 0.3) is 0 Å². The second-order valence-corrected chi connectivity index (χ2v) is 6.26. The van der Waals surface area contributed by atoms with Crippen LogP contribution >= 0.6 is 0 Å². The first-order chi connectivity index (χ1) is 12.1. The minimum atomic E-state index is 0.465. The number of nitrogens with two attached hydrogens (primary N) is 1. The van der Waals surface area contributed by atoms with Crippen molar-refractivity contribution in [3.63, 3.8) is 0 Å². The zero-order valence-corrected chi connectivity index (χ0v) is 14.6. The molecule has 0 aliphatic heterocycles. The minimum Gasteiger partial charge on any atom is -0.384 e. The van der Waals surface area contributed by atoms with Crippen molar-refractivity contribution in [3.8, 4) is 0 Å². The first-order valence-electron chi connectivity index (χ1n) is 8.28. The fourth-order valence-corrected chi connectivity index (χ4v) is 2.65. The fourth-order valence-electron chi connectivity index (χ4n) is 2.65. The average Bonchev–Trinajstić information content (AvgIpc) is 2.57. The number of rotatable bonds is 6. The molecule has 1 aromatic heterocycles. The third kappa shape index (κ3) is 5.02. The van der Waals surface area contributed by atoms with Gasteiger partial charge < -0.3 is 11.1 Å². The Kier molecular flexibility index (Phi) is 5.26. The lowest BCUT2D eigenvalue weighted by Crippen LogP contribution is -2.18. The molecule has 2 aromatic carbocycles. The highest BCUT2D eigenvalue weighted by molar-refractivity contribution is 5.55. The Morgan fingerprint density at radius 1 is 0.960 bits per heavy atom. The number of nitrogens with one attached hydrogen (secondary N) is 1. The third-order valence-electron chi connectivity index (χ3n) is 3.83. The van der Waals surface area contributed by atoms with Gasteiger partial charge in [-0.1, -0.05) is 48.0 Å². The largest absolute Gasteiger partial charge is 0.384 e. The summed E-state index contributed by atoms with van der Waals surface area (Å²) in [4.78, 5) is 11.1. The smallest absolute Gasteiger partial charge is 0.229 e. The molecular weight excluding hydrogens is 310 g/mol. The van der Waals surface area contributed by atoms with Crippen LogP contribution in [0, 0.1) is 6.92 Å². The number of nitrogen functional groups attached to an aromatic ring is 1. The zero-order chi connectivity index (χ0) is 17.6. The van der Waals surface area contributed by atoms with Gasteiger partial charge in [0.2, 0.25) is 5.95 Å². The molecular formula is C20H23N5. The van der Waals surface area contributed by atoms with E-state index < -0.39 is 0 Å². The minimum absolute atomic E-state index is 0.465. The highest BCUT2D eigenvalue weighted by Gasteiger charge is 2.07. The first-order valence-corrected chi connectivity index (χ1v) is 8.28. The second kappa shape index (κ2) is 7.77. The fraction of sp³-hybridized carbons (Fsp3) is 0.200. The van der Waals surface area contributed by atoms with Crippen molar-refractivity contribution in [2.45, 2.75) is 20.0 Å². The summed E-state index contributed by atoms with van der Waals surface area (Å²) in [5.41, 5.74) is 10.3. The van der Waals surface area contributed by atoms with Gasteiger partial charge in [0.25, 0.3) is 0 Å². The Morgan fingerprint density at radius 2 is 1.68 bits per heavy atom. The molecule has 0 bridgehead atoms. The van der Waals surface area contributed by atoms with Crippen LogP contribution in [0.15, 0.2) is 60.7 Å². The normalized spacial score (nSPS) is 10.8. The Hall–Kier alpha value is -2.92. The summed E-state index contributed by atoms with van der Waals surface area (Å²) in [6.45, 7) is 3.61. The number of hydrogen-bond donors (Lipinski definition) is 2. The number of benzene rings is 2. The topological polar surface area (TPSA) is 67.1 Å². The van der Waals surface area contributed by atoms with Crippen LogP contribution in [0.1, 0.15) is 16.8 Å². The summed E-state index contributed by atoms with van der Waals surface area (Å²) in [7, 11) is 2.07. The Morgan fingerprint density at radius 3 is 2.40 bits per heavy atom. The summed E-state index contributed by atoms with van der Waals surface area (Å²) in [5, 5.41) is 3.21. The lowest BCUT2D eigenvalue weighted by Gasteiger charge is -2.17. The van der Waals surface area contributed by atoms with Gasteiger partial charge in [0.15, 0.2) is 0 Å². The summed E-state index contributed by atoms with van der Waals surface area (Å²) >= 11 is 0. The molecule has 25 heavy (non-hydrogen) atoms. The van der Waals surface area contributed by atoms with Crippen LogP contribution in [0.3, 0.4) is 0 Å². The van der Waals surface area contributed by atoms with E-state index in [-0.39, 0.29) is 0 Å². The monoisotopic (exact) mass is 333 g/mol. The highest BCUT2D eigenvalue weighted by atomic mass is 15.1. The average molecular weight is 333 g/mol. The van der Waals surface area contributed by atoms with Crippen LogP contribution in [0.2, 0.25) is 0 Å². The number of aryl methyl sites for hydroxylation is 1. The predicted octanol–water partition coefficient (Wildman–Crippen LogP) is 3.74. The van der Waals surface area contributed by atoms with E-state index in [1.165, 1.54) is 11.1 Å². The maximum absolute atomic E-state index is 5.96. The molecule has 3 N–H and O–H groups in total. The molecule has 0 spiro atoms. The van der Waals surface area contributed by atoms with Gasteiger partial charge in [-0.05, 0) is 31.7 Å². The van der Waals surface area contributed by atoms with E-state index >= 15 is 0 Å². The van der Waals surface area contributed by atoms with Crippen molar-refractivity contribution in [3.05, 3.63) is 77.5 Å². The van der Waals surface area contributed by atoms with Crippen LogP contribution in [-0.2, 0) is 13.1 Å². The van der Waals surface area contributed by atoms with Gasteiger partial charge >= 0.3 is 0 Å². The Balaban J connectivity index is 1.69. The number of anilines is 3. The lowest BCUT2D eigenvalue weighted by atomic mass is 10.2. The van der Waals surface area contributed by atoms with E-state index in [0.717, 1.165) is 17.9 Å². The molecule has 0 saturated carbocycles. The second-order valence-electron chi connectivity index (χ2n) is 6.26. The van der Waals surface area contributed by atoms with E-state index in [1.54, 1.807) is 0 Å². The molecule has 0 amide bonds. The maximum atomic E-state index is 5.96. The molecule has 0 atom stereocenters. The predicted molar refractivity (Wildman–Crippen MR) is 103 cm³/mol. The van der Waals surface area contributed by atoms with Crippen molar-refractivity contribution in [1.29, 1.82) is 0 Å². The molecule has 5 nitrogen and oxygen atoms in total. The van der Waals surface area contributed by atoms with Gasteiger partial charge in [-0.2, -0.15) is 4.98 Å². The Bertz CT molecular complexity index is 815. The molecule has 3 rings (SSSR count). The van der Waals surface area contributed by atoms with Crippen molar-refractivity contribution < 1.29 is 0 Å². The standard InChI is InChI=1S/C20H23N5/c1-15-8-10-17(11-9-15)22-20-23-18(12-19(21)24-20)14-25(2)13-16-6-4-3-5-7-16/h3-12H,13-14H2,1-2H3,(H3,21,22,23,24). The molecule has 5 heteroatoms. The SMILES string of the molecule is Cc1ccc(Nc2nc(N)cc(CN(C)Cc3ccccc3)n2)cc1. The summed E-state index contributed by atoms with van der Waals surface area (Å²) in [6, 6.07) is 20.3. The molecule has 0 fully saturated rings. The van der Waals surface area contributed by atoms with E-state index in [2.05, 4.69) is 58.4 Å². The Labute approximate surface area is 148 Å². The van der Waals surface area contributed by atoms with Gasteiger partial charge in [0.05, 0.1) is 5.69 Å². The van der Waals surface area contributed by atoms with E-state index in [1.807, 2.05) is 36.4 Å².